The van der Waals surface area contributed by atoms with Crippen molar-refractivity contribution >= 4 is 45.9 Å². The summed E-state index contributed by atoms with van der Waals surface area (Å²) in [6, 6.07) is 5.19. The fourth-order valence-corrected chi connectivity index (χ4v) is 2.76. The molecule has 2 rings (SSSR count). The number of aryl methyl sites for hydroxylation is 1. The van der Waals surface area contributed by atoms with Crippen LogP contribution in [-0.4, -0.2) is 22.8 Å². The van der Waals surface area contributed by atoms with Gasteiger partial charge in [0, 0.05) is 9.64 Å². The van der Waals surface area contributed by atoms with Gasteiger partial charge in [0.25, 0.3) is 5.91 Å². The van der Waals surface area contributed by atoms with Crippen LogP contribution in [0.1, 0.15) is 36.8 Å². The molecule has 0 unspecified atom stereocenters. The van der Waals surface area contributed by atoms with Crippen molar-refractivity contribution in [2.75, 3.05) is 12.4 Å². The lowest BCUT2D eigenvalue weighted by Gasteiger charge is -2.22. The zero-order chi connectivity index (χ0) is 17.4. The average Bonchev–Trinajstić information content (AvgIpc) is 2.82. The quantitative estimate of drug-likeness (QED) is 0.707. The second kappa shape index (κ2) is 6.68. The van der Waals surface area contributed by atoms with E-state index in [4.69, 9.17) is 16.3 Å². The molecule has 1 N–H and O–H groups in total. The van der Waals surface area contributed by atoms with Crippen LogP contribution in [0.4, 0.5) is 5.82 Å². The summed E-state index contributed by atoms with van der Waals surface area (Å²) in [5.74, 6) is 0.831. The first-order valence-electron chi connectivity index (χ1n) is 7.05. The third-order valence-corrected chi connectivity index (χ3v) is 4.72. The van der Waals surface area contributed by atoms with E-state index in [0.717, 1.165) is 9.26 Å². The molecule has 5 nitrogen and oxygen atoms in total. The number of rotatable bonds is 3. The van der Waals surface area contributed by atoms with Crippen molar-refractivity contribution in [1.82, 2.24) is 9.78 Å². The smallest absolute Gasteiger partial charge is 0.260 e. The lowest BCUT2D eigenvalue weighted by molar-refractivity contribution is 0.102. The van der Waals surface area contributed by atoms with Crippen molar-refractivity contribution in [3.63, 3.8) is 0 Å². The highest BCUT2D eigenvalue weighted by Gasteiger charge is 2.22. The number of carbonyl (C=O) groups is 1. The van der Waals surface area contributed by atoms with Gasteiger partial charge in [0.05, 0.1) is 28.9 Å². The van der Waals surface area contributed by atoms with Crippen LogP contribution in [0, 0.1) is 10.5 Å². The molecule has 23 heavy (non-hydrogen) atoms. The highest BCUT2D eigenvalue weighted by Crippen LogP contribution is 2.29. The van der Waals surface area contributed by atoms with Gasteiger partial charge < -0.3 is 10.1 Å². The molecule has 0 atom stereocenters. The summed E-state index contributed by atoms with van der Waals surface area (Å²) in [5, 5.41) is 7.85. The molecule has 2 aromatic rings. The molecule has 1 aromatic carbocycles. The highest BCUT2D eigenvalue weighted by atomic mass is 127. The number of benzene rings is 1. The number of hydrogen-bond acceptors (Lipinski definition) is 3. The maximum atomic E-state index is 12.7. The summed E-state index contributed by atoms with van der Waals surface area (Å²) in [5.41, 5.74) is 0.977. The van der Waals surface area contributed by atoms with Crippen LogP contribution in [0.2, 0.25) is 5.02 Å². The van der Waals surface area contributed by atoms with Crippen LogP contribution in [-0.2, 0) is 5.54 Å². The van der Waals surface area contributed by atoms with Gasteiger partial charge in [0.2, 0.25) is 0 Å². The van der Waals surface area contributed by atoms with Crippen LogP contribution in [0.25, 0.3) is 0 Å². The SMILES string of the molecule is COc1cc(I)c(Cl)cc1C(=O)Nc1cc(C)nn1C(C)(C)C. The van der Waals surface area contributed by atoms with Gasteiger partial charge in [-0.05, 0) is 62.4 Å². The van der Waals surface area contributed by atoms with Gasteiger partial charge in [0.1, 0.15) is 11.6 Å². The minimum absolute atomic E-state index is 0.245. The number of methoxy groups -OCH3 is 1. The minimum Gasteiger partial charge on any atom is -0.496 e. The number of ether oxygens (including phenoxy) is 1. The lowest BCUT2D eigenvalue weighted by atomic mass is 10.1. The number of carbonyl (C=O) groups excluding carboxylic acids is 1. The summed E-state index contributed by atoms with van der Waals surface area (Å²) in [7, 11) is 1.53. The van der Waals surface area contributed by atoms with Gasteiger partial charge in [-0.1, -0.05) is 11.6 Å². The Labute approximate surface area is 154 Å². The number of amides is 1. The zero-order valence-corrected chi connectivity index (χ0v) is 16.6. The summed E-state index contributed by atoms with van der Waals surface area (Å²) >= 11 is 8.24. The van der Waals surface area contributed by atoms with Crippen LogP contribution >= 0.6 is 34.2 Å². The Hall–Kier alpha value is -1.28. The molecule has 124 valence electrons. The molecular weight excluding hydrogens is 429 g/mol. The molecule has 7 heteroatoms. The first-order chi connectivity index (χ1) is 10.6. The normalized spacial score (nSPS) is 11.4. The second-order valence-corrected chi connectivity index (χ2v) is 7.74. The molecule has 1 aromatic heterocycles. The molecule has 0 saturated heterocycles. The lowest BCUT2D eigenvalue weighted by Crippen LogP contribution is -2.27. The predicted octanol–water partition coefficient (Wildman–Crippen LogP) is 4.47. The number of nitrogens with zero attached hydrogens (tertiary/aromatic N) is 2. The van der Waals surface area contributed by atoms with Gasteiger partial charge >= 0.3 is 0 Å². The minimum atomic E-state index is -0.287. The fourth-order valence-electron chi connectivity index (χ4n) is 2.16. The Balaban J connectivity index is 2.39. The van der Waals surface area contributed by atoms with E-state index in [-0.39, 0.29) is 11.4 Å². The Kier molecular flexibility index (Phi) is 5.25. The first-order valence-corrected chi connectivity index (χ1v) is 8.50. The maximum Gasteiger partial charge on any atom is 0.260 e. The van der Waals surface area contributed by atoms with Gasteiger partial charge in [0.15, 0.2) is 0 Å². The van der Waals surface area contributed by atoms with Crippen molar-refractivity contribution in [3.05, 3.63) is 38.0 Å². The number of hydrogen-bond donors (Lipinski definition) is 1. The topological polar surface area (TPSA) is 56.1 Å². The predicted molar refractivity (Wildman–Crippen MR) is 101 cm³/mol. The Morgan fingerprint density at radius 2 is 2.00 bits per heavy atom. The van der Waals surface area contributed by atoms with E-state index in [9.17, 15) is 4.79 Å². The second-order valence-electron chi connectivity index (χ2n) is 6.17. The molecule has 1 amide bonds. The van der Waals surface area contributed by atoms with E-state index in [1.807, 2.05) is 33.8 Å². The highest BCUT2D eigenvalue weighted by molar-refractivity contribution is 14.1. The molecular formula is C16H19ClIN3O2. The van der Waals surface area contributed by atoms with Gasteiger partial charge in [-0.3, -0.25) is 4.79 Å². The van der Waals surface area contributed by atoms with Crippen LogP contribution in [0.15, 0.2) is 18.2 Å². The number of anilines is 1. The summed E-state index contributed by atoms with van der Waals surface area (Å²) < 4.78 is 7.92. The van der Waals surface area contributed by atoms with E-state index < -0.39 is 0 Å². The van der Waals surface area contributed by atoms with E-state index in [1.165, 1.54) is 7.11 Å². The van der Waals surface area contributed by atoms with E-state index >= 15 is 0 Å². The average molecular weight is 448 g/mol. The maximum absolute atomic E-state index is 12.7. The van der Waals surface area contributed by atoms with Crippen LogP contribution < -0.4 is 10.1 Å². The van der Waals surface area contributed by atoms with Crippen molar-refractivity contribution in [1.29, 1.82) is 0 Å². The standard InChI is InChI=1S/C16H19ClIN3O2/c1-9-6-14(21(20-9)16(2,3)4)19-15(22)10-7-11(17)12(18)8-13(10)23-5/h6-8H,1-5H3,(H,19,22). The number of halogens is 2. The number of aromatic nitrogens is 2. The molecule has 0 spiro atoms. The molecule has 0 aliphatic carbocycles. The Bertz CT molecular complexity index is 751. The van der Waals surface area contributed by atoms with Gasteiger partial charge in [-0.15, -0.1) is 0 Å². The van der Waals surface area contributed by atoms with Crippen LogP contribution in [0.3, 0.4) is 0 Å². The molecule has 0 radical (unpaired) electrons. The molecule has 0 saturated carbocycles. The first kappa shape index (κ1) is 18.1. The summed E-state index contributed by atoms with van der Waals surface area (Å²) in [6.07, 6.45) is 0. The van der Waals surface area contributed by atoms with Crippen molar-refractivity contribution in [2.24, 2.45) is 0 Å². The monoisotopic (exact) mass is 447 g/mol. The molecule has 0 fully saturated rings. The molecule has 1 heterocycles. The third kappa shape index (κ3) is 3.98. The van der Waals surface area contributed by atoms with E-state index in [0.29, 0.717) is 22.2 Å². The Morgan fingerprint density at radius 1 is 1.35 bits per heavy atom. The Morgan fingerprint density at radius 3 is 2.57 bits per heavy atom. The molecule has 0 aliphatic rings. The fraction of sp³-hybridized carbons (Fsp3) is 0.375. The summed E-state index contributed by atoms with van der Waals surface area (Å²) in [6.45, 7) is 7.96. The zero-order valence-electron chi connectivity index (χ0n) is 13.7. The van der Waals surface area contributed by atoms with Crippen molar-refractivity contribution in [2.45, 2.75) is 33.2 Å². The molecule has 0 aliphatic heterocycles. The number of nitrogens with one attached hydrogen (secondary N) is 1. The third-order valence-electron chi connectivity index (χ3n) is 3.20. The van der Waals surface area contributed by atoms with Crippen LogP contribution in [0.5, 0.6) is 5.75 Å². The summed E-state index contributed by atoms with van der Waals surface area (Å²) in [4.78, 5) is 12.7. The van der Waals surface area contributed by atoms with Crippen molar-refractivity contribution in [3.8, 4) is 5.75 Å². The van der Waals surface area contributed by atoms with E-state index in [2.05, 4.69) is 33.0 Å². The van der Waals surface area contributed by atoms with Gasteiger partial charge in [-0.2, -0.15) is 5.10 Å². The van der Waals surface area contributed by atoms with E-state index in [1.54, 1.807) is 16.8 Å². The molecule has 0 bridgehead atoms. The van der Waals surface area contributed by atoms with Crippen molar-refractivity contribution < 1.29 is 9.53 Å². The largest absolute Gasteiger partial charge is 0.496 e. The van der Waals surface area contributed by atoms with Gasteiger partial charge in [-0.25, -0.2) is 4.68 Å².